The topological polar surface area (TPSA) is 30.7 Å². The maximum atomic E-state index is 4.22. The van der Waals surface area contributed by atoms with Gasteiger partial charge in [0.2, 0.25) is 0 Å². The zero-order chi connectivity index (χ0) is 9.10. The monoisotopic (exact) mass is 179 g/mol. The molecule has 0 N–H and O–H groups in total. The van der Waals surface area contributed by atoms with Crippen LogP contribution in [0, 0.1) is 0 Å². The summed E-state index contributed by atoms with van der Waals surface area (Å²) in [7, 11) is 0. The maximum Gasteiger partial charge on any atom is 0.135 e. The maximum absolute atomic E-state index is 4.22. The lowest BCUT2D eigenvalue weighted by Crippen LogP contribution is -2.11. The Bertz CT molecular complexity index is 261. The third kappa shape index (κ3) is 1.74. The van der Waals surface area contributed by atoms with E-state index in [4.69, 9.17) is 0 Å². The molecule has 1 aliphatic rings. The number of aromatic nitrogens is 3. The van der Waals surface area contributed by atoms with E-state index in [1.807, 2.05) is 6.33 Å². The summed E-state index contributed by atoms with van der Waals surface area (Å²) in [6.45, 7) is 3.15. The first kappa shape index (κ1) is 8.73. The van der Waals surface area contributed by atoms with Crippen LogP contribution in [0.3, 0.4) is 0 Å². The lowest BCUT2D eigenvalue weighted by molar-refractivity contribution is 0.416. The van der Waals surface area contributed by atoms with E-state index in [2.05, 4.69) is 21.7 Å². The highest BCUT2D eigenvalue weighted by atomic mass is 15.3. The molecule has 3 heteroatoms. The Morgan fingerprint density at radius 3 is 2.85 bits per heavy atom. The Morgan fingerprint density at radius 1 is 1.38 bits per heavy atom. The molecule has 0 spiro atoms. The Kier molecular flexibility index (Phi) is 2.62. The van der Waals surface area contributed by atoms with Crippen LogP contribution in [0.2, 0.25) is 0 Å². The number of hydrogen-bond acceptors (Lipinski definition) is 2. The molecule has 13 heavy (non-hydrogen) atoms. The van der Waals surface area contributed by atoms with Crippen LogP contribution >= 0.6 is 0 Å². The minimum absolute atomic E-state index is 0.677. The molecule has 0 amide bonds. The van der Waals surface area contributed by atoms with Crippen molar-refractivity contribution in [2.75, 3.05) is 0 Å². The SMILES string of the molecule is CCn1cnnc1C1CCCCC1. The number of rotatable bonds is 2. The van der Waals surface area contributed by atoms with E-state index in [1.54, 1.807) is 0 Å². The van der Waals surface area contributed by atoms with E-state index in [9.17, 15) is 0 Å². The van der Waals surface area contributed by atoms with Crippen LogP contribution in [0.25, 0.3) is 0 Å². The van der Waals surface area contributed by atoms with Gasteiger partial charge in [-0.25, -0.2) is 0 Å². The van der Waals surface area contributed by atoms with Crippen molar-refractivity contribution in [1.29, 1.82) is 0 Å². The second-order valence-corrected chi connectivity index (χ2v) is 3.81. The van der Waals surface area contributed by atoms with Crippen LogP contribution in [0.4, 0.5) is 0 Å². The first-order valence-corrected chi connectivity index (χ1v) is 5.29. The van der Waals surface area contributed by atoms with Crippen molar-refractivity contribution in [3.8, 4) is 0 Å². The molecule has 0 atom stereocenters. The van der Waals surface area contributed by atoms with Gasteiger partial charge in [0.25, 0.3) is 0 Å². The van der Waals surface area contributed by atoms with E-state index in [0.717, 1.165) is 6.54 Å². The van der Waals surface area contributed by atoms with Gasteiger partial charge in [-0.3, -0.25) is 0 Å². The number of hydrogen-bond donors (Lipinski definition) is 0. The first-order chi connectivity index (χ1) is 6.42. The van der Waals surface area contributed by atoms with Crippen molar-refractivity contribution in [2.45, 2.75) is 51.5 Å². The average molecular weight is 179 g/mol. The van der Waals surface area contributed by atoms with Crippen LogP contribution in [0.15, 0.2) is 6.33 Å². The van der Waals surface area contributed by atoms with E-state index in [0.29, 0.717) is 5.92 Å². The molecule has 72 valence electrons. The van der Waals surface area contributed by atoms with Gasteiger partial charge >= 0.3 is 0 Å². The predicted octanol–water partition coefficient (Wildman–Crippen LogP) is 2.35. The van der Waals surface area contributed by atoms with Gasteiger partial charge in [0.1, 0.15) is 12.2 Å². The molecule has 0 radical (unpaired) electrons. The molecule has 0 saturated heterocycles. The van der Waals surface area contributed by atoms with Crippen LogP contribution in [-0.4, -0.2) is 14.8 Å². The minimum atomic E-state index is 0.677. The fraction of sp³-hybridized carbons (Fsp3) is 0.800. The molecule has 1 aromatic heterocycles. The molecule has 1 aliphatic carbocycles. The van der Waals surface area contributed by atoms with Gasteiger partial charge in [0.15, 0.2) is 0 Å². The normalized spacial score (nSPS) is 19.2. The summed E-state index contributed by atoms with van der Waals surface area (Å²) in [5.41, 5.74) is 0. The summed E-state index contributed by atoms with van der Waals surface area (Å²) in [5.74, 6) is 1.89. The summed E-state index contributed by atoms with van der Waals surface area (Å²) in [4.78, 5) is 0. The Labute approximate surface area is 79.2 Å². The smallest absolute Gasteiger partial charge is 0.135 e. The second-order valence-electron chi connectivity index (χ2n) is 3.81. The molecule has 1 fully saturated rings. The van der Waals surface area contributed by atoms with Gasteiger partial charge < -0.3 is 4.57 Å². The van der Waals surface area contributed by atoms with E-state index in [1.165, 1.54) is 37.9 Å². The summed E-state index contributed by atoms with van der Waals surface area (Å²) < 4.78 is 2.18. The van der Waals surface area contributed by atoms with Crippen LogP contribution in [0.5, 0.6) is 0 Å². The second kappa shape index (κ2) is 3.90. The molecule has 0 aliphatic heterocycles. The highest BCUT2D eigenvalue weighted by Gasteiger charge is 2.19. The molecule has 1 aromatic rings. The van der Waals surface area contributed by atoms with E-state index >= 15 is 0 Å². The van der Waals surface area contributed by atoms with Gasteiger partial charge in [-0.2, -0.15) is 0 Å². The van der Waals surface area contributed by atoms with Gasteiger partial charge in [0, 0.05) is 12.5 Å². The zero-order valence-electron chi connectivity index (χ0n) is 8.24. The first-order valence-electron chi connectivity index (χ1n) is 5.29. The van der Waals surface area contributed by atoms with Crippen molar-refractivity contribution < 1.29 is 0 Å². The van der Waals surface area contributed by atoms with E-state index in [-0.39, 0.29) is 0 Å². The summed E-state index contributed by atoms with van der Waals surface area (Å²) in [5, 5.41) is 8.20. The molecule has 0 unspecified atom stereocenters. The van der Waals surface area contributed by atoms with Gasteiger partial charge in [-0.15, -0.1) is 10.2 Å². The molecular formula is C10H17N3. The highest BCUT2D eigenvalue weighted by Crippen LogP contribution is 2.31. The van der Waals surface area contributed by atoms with Gasteiger partial charge in [-0.1, -0.05) is 19.3 Å². The highest BCUT2D eigenvalue weighted by molar-refractivity contribution is 4.97. The van der Waals surface area contributed by atoms with Gasteiger partial charge in [0.05, 0.1) is 0 Å². The molecule has 1 heterocycles. The van der Waals surface area contributed by atoms with Crippen molar-refractivity contribution in [3.63, 3.8) is 0 Å². The van der Waals surface area contributed by atoms with Crippen LogP contribution in [0.1, 0.15) is 50.8 Å². The fourth-order valence-electron chi connectivity index (χ4n) is 2.18. The van der Waals surface area contributed by atoms with Gasteiger partial charge in [-0.05, 0) is 19.8 Å². The molecule has 2 rings (SSSR count). The summed E-state index contributed by atoms with van der Waals surface area (Å²) in [6.07, 6.45) is 8.58. The quantitative estimate of drug-likeness (QED) is 0.697. The Balaban J connectivity index is 2.13. The van der Waals surface area contributed by atoms with Crippen molar-refractivity contribution in [2.24, 2.45) is 0 Å². The number of nitrogens with zero attached hydrogens (tertiary/aromatic N) is 3. The number of aryl methyl sites for hydroxylation is 1. The zero-order valence-corrected chi connectivity index (χ0v) is 8.24. The van der Waals surface area contributed by atoms with Crippen molar-refractivity contribution in [1.82, 2.24) is 14.8 Å². The molecule has 3 nitrogen and oxygen atoms in total. The van der Waals surface area contributed by atoms with Crippen molar-refractivity contribution in [3.05, 3.63) is 12.2 Å². The summed E-state index contributed by atoms with van der Waals surface area (Å²) in [6, 6.07) is 0. The standard InChI is InChI=1S/C10H17N3/c1-2-13-8-11-12-10(13)9-6-4-3-5-7-9/h8-9H,2-7H2,1H3. The fourth-order valence-corrected chi connectivity index (χ4v) is 2.18. The van der Waals surface area contributed by atoms with Crippen molar-refractivity contribution >= 4 is 0 Å². The summed E-state index contributed by atoms with van der Waals surface area (Å²) >= 11 is 0. The van der Waals surface area contributed by atoms with Crippen LogP contribution in [-0.2, 0) is 6.54 Å². The molecule has 0 bridgehead atoms. The Morgan fingerprint density at radius 2 is 2.15 bits per heavy atom. The minimum Gasteiger partial charge on any atom is -0.318 e. The van der Waals surface area contributed by atoms with E-state index < -0.39 is 0 Å². The Hall–Kier alpha value is -0.860. The largest absolute Gasteiger partial charge is 0.318 e. The lowest BCUT2D eigenvalue weighted by atomic mass is 9.89. The lowest BCUT2D eigenvalue weighted by Gasteiger charge is -2.20. The third-order valence-electron chi connectivity index (χ3n) is 2.96. The average Bonchev–Trinajstić information content (AvgIpc) is 2.67. The predicted molar refractivity (Wildman–Crippen MR) is 51.5 cm³/mol. The molecular weight excluding hydrogens is 162 g/mol. The molecule has 1 saturated carbocycles. The molecule has 0 aromatic carbocycles. The van der Waals surface area contributed by atoms with Crippen LogP contribution < -0.4 is 0 Å². The third-order valence-corrected chi connectivity index (χ3v) is 2.96.